The fourth-order valence-electron chi connectivity index (χ4n) is 5.16. The van der Waals surface area contributed by atoms with Gasteiger partial charge in [0.2, 0.25) is 0 Å². The zero-order valence-electron chi connectivity index (χ0n) is 18.9. The molecule has 2 aliphatic heterocycles. The van der Waals surface area contributed by atoms with Crippen LogP contribution in [0.5, 0.6) is 0 Å². The van der Waals surface area contributed by atoms with Crippen LogP contribution < -0.4 is 5.32 Å². The minimum Gasteiger partial charge on any atom is -0.381 e. The molecule has 2 aromatic heterocycles. The second kappa shape index (κ2) is 10.2. The van der Waals surface area contributed by atoms with Gasteiger partial charge in [-0.2, -0.15) is 0 Å². The Kier molecular flexibility index (Phi) is 6.86. The van der Waals surface area contributed by atoms with Gasteiger partial charge in [-0.1, -0.05) is 29.8 Å². The van der Waals surface area contributed by atoms with Crippen molar-refractivity contribution in [3.63, 3.8) is 0 Å². The van der Waals surface area contributed by atoms with Crippen LogP contribution in [-0.2, 0) is 11.2 Å². The van der Waals surface area contributed by atoms with E-state index >= 15 is 0 Å². The Hall–Kier alpha value is -2.53. The van der Waals surface area contributed by atoms with E-state index < -0.39 is 0 Å². The van der Waals surface area contributed by atoms with E-state index in [2.05, 4.69) is 41.1 Å². The van der Waals surface area contributed by atoms with Gasteiger partial charge in [0, 0.05) is 61.0 Å². The lowest BCUT2D eigenvalue weighted by molar-refractivity contribution is 0.0851. The molecule has 4 nitrogen and oxygen atoms in total. The second-order valence-electron chi connectivity index (χ2n) is 8.95. The summed E-state index contributed by atoms with van der Waals surface area (Å²) in [4.78, 5) is 8.97. The minimum absolute atomic E-state index is 0.421. The summed E-state index contributed by atoms with van der Waals surface area (Å²) in [5, 5.41) is 4.35. The normalized spacial score (nSPS) is 19.0. The number of allylic oxidation sites excluding steroid dienone is 1. The smallest absolute Gasteiger partial charge is 0.0668 e. The van der Waals surface area contributed by atoms with Gasteiger partial charge in [-0.05, 0) is 73.0 Å². The molecule has 170 valence electrons. The molecule has 0 bridgehead atoms. The van der Waals surface area contributed by atoms with E-state index in [-0.39, 0.29) is 0 Å². The van der Waals surface area contributed by atoms with Crippen LogP contribution in [-0.4, -0.2) is 29.7 Å². The van der Waals surface area contributed by atoms with Gasteiger partial charge < -0.3 is 10.1 Å². The van der Waals surface area contributed by atoms with Crippen LogP contribution in [0.4, 0.5) is 0 Å². The van der Waals surface area contributed by atoms with Crippen LogP contribution in [0.3, 0.4) is 0 Å². The molecule has 4 heterocycles. The molecule has 2 fully saturated rings. The Labute approximate surface area is 201 Å². The predicted octanol–water partition coefficient (Wildman–Crippen LogP) is 6.51. The highest BCUT2D eigenvalue weighted by Gasteiger charge is 2.25. The van der Waals surface area contributed by atoms with Crippen LogP contribution in [0.15, 0.2) is 61.6 Å². The zero-order valence-corrected chi connectivity index (χ0v) is 19.7. The summed E-state index contributed by atoms with van der Waals surface area (Å²) in [6.45, 7) is 6.70. The molecule has 3 aromatic rings. The Balaban J connectivity index is 1.58. The molecule has 0 saturated carbocycles. The molecular weight excluding hydrogens is 430 g/mol. The molecule has 5 heteroatoms. The van der Waals surface area contributed by atoms with Crippen molar-refractivity contribution in [1.82, 2.24) is 15.3 Å². The first-order valence-electron chi connectivity index (χ1n) is 11.9. The number of ether oxygens (including phenoxy) is 1. The highest BCUT2D eigenvalue weighted by Crippen LogP contribution is 2.38. The molecule has 0 spiro atoms. The van der Waals surface area contributed by atoms with Crippen molar-refractivity contribution in [3.8, 4) is 22.3 Å². The van der Waals surface area contributed by atoms with Gasteiger partial charge in [0.15, 0.2) is 0 Å². The van der Waals surface area contributed by atoms with Crippen LogP contribution in [0.1, 0.15) is 54.5 Å². The van der Waals surface area contributed by atoms with Gasteiger partial charge in [0.1, 0.15) is 0 Å². The van der Waals surface area contributed by atoms with Gasteiger partial charge in [-0.3, -0.25) is 9.97 Å². The number of benzene rings is 1. The van der Waals surface area contributed by atoms with E-state index in [1.54, 1.807) is 12.4 Å². The number of halogens is 1. The maximum Gasteiger partial charge on any atom is 0.0668 e. The molecule has 1 N–H and O–H groups in total. The summed E-state index contributed by atoms with van der Waals surface area (Å²) < 4.78 is 5.63. The molecular formula is C28H30ClN3O. The Morgan fingerprint density at radius 2 is 1.91 bits per heavy atom. The Bertz CT molecular complexity index is 1130. The third-order valence-corrected chi connectivity index (χ3v) is 7.19. The molecule has 2 saturated heterocycles. The predicted molar refractivity (Wildman–Crippen MR) is 135 cm³/mol. The number of hydrogen-bond acceptors (Lipinski definition) is 4. The third kappa shape index (κ3) is 4.74. The molecule has 0 aliphatic carbocycles. The molecule has 0 unspecified atom stereocenters. The molecule has 0 radical (unpaired) electrons. The van der Waals surface area contributed by atoms with E-state index in [0.717, 1.165) is 55.0 Å². The largest absolute Gasteiger partial charge is 0.381 e. The lowest BCUT2D eigenvalue weighted by atomic mass is 9.84. The van der Waals surface area contributed by atoms with Crippen LogP contribution in [0, 0.1) is 0 Å². The van der Waals surface area contributed by atoms with Gasteiger partial charge in [0.25, 0.3) is 0 Å². The number of aromatic nitrogens is 2. The molecule has 2 aliphatic rings. The maximum absolute atomic E-state index is 6.51. The highest BCUT2D eigenvalue weighted by atomic mass is 35.5. The van der Waals surface area contributed by atoms with E-state index in [9.17, 15) is 0 Å². The van der Waals surface area contributed by atoms with E-state index in [4.69, 9.17) is 21.3 Å². The molecule has 33 heavy (non-hydrogen) atoms. The van der Waals surface area contributed by atoms with Gasteiger partial charge in [-0.25, -0.2) is 0 Å². The van der Waals surface area contributed by atoms with E-state index in [1.807, 2.05) is 18.3 Å². The van der Waals surface area contributed by atoms with Gasteiger partial charge >= 0.3 is 0 Å². The van der Waals surface area contributed by atoms with Crippen molar-refractivity contribution in [2.75, 3.05) is 19.8 Å². The Morgan fingerprint density at radius 3 is 2.67 bits per heavy atom. The van der Waals surface area contributed by atoms with E-state index in [1.165, 1.54) is 29.5 Å². The number of nitrogens with zero attached hydrogens (tertiary/aromatic N) is 2. The highest BCUT2D eigenvalue weighted by molar-refractivity contribution is 6.33. The fraction of sp³-hybridized carbons (Fsp3) is 0.357. The summed E-state index contributed by atoms with van der Waals surface area (Å²) in [7, 11) is 0. The average Bonchev–Trinajstić information content (AvgIpc) is 3.40. The number of pyridine rings is 2. The average molecular weight is 460 g/mol. The maximum atomic E-state index is 6.51. The standard InChI is InChI=1S/C28H30ClN3O/c1-2-4-27-25(23-8-12-30-18-26(23)29)16-21(17-32-27)20-6-7-22(19-9-13-33-14-10-19)24(15-20)28-5-3-11-31-28/h2,6-8,12,15-19,28,31H,1,3-5,9-11,13-14H2/t28-/m0/s1. The lowest BCUT2D eigenvalue weighted by Gasteiger charge is -2.27. The first-order valence-corrected chi connectivity index (χ1v) is 12.3. The molecule has 1 atom stereocenters. The van der Waals surface area contributed by atoms with Crippen LogP contribution in [0.2, 0.25) is 5.02 Å². The van der Waals surface area contributed by atoms with Gasteiger partial charge in [0.05, 0.1) is 10.7 Å². The van der Waals surface area contributed by atoms with Crippen molar-refractivity contribution in [2.45, 2.75) is 44.1 Å². The van der Waals surface area contributed by atoms with Crippen molar-refractivity contribution in [3.05, 3.63) is 83.4 Å². The number of rotatable bonds is 6. The van der Waals surface area contributed by atoms with Crippen LogP contribution in [0.25, 0.3) is 22.3 Å². The van der Waals surface area contributed by atoms with Crippen LogP contribution >= 0.6 is 11.6 Å². The van der Waals surface area contributed by atoms with Gasteiger partial charge in [-0.15, -0.1) is 6.58 Å². The number of nitrogens with one attached hydrogen (secondary N) is 1. The topological polar surface area (TPSA) is 47.0 Å². The summed E-state index contributed by atoms with van der Waals surface area (Å²) in [5.74, 6) is 0.574. The first kappa shape index (κ1) is 22.3. The van der Waals surface area contributed by atoms with Crippen molar-refractivity contribution in [2.24, 2.45) is 0 Å². The summed E-state index contributed by atoms with van der Waals surface area (Å²) in [6.07, 6.45) is 12.6. The molecule has 1 aromatic carbocycles. The quantitative estimate of drug-likeness (QED) is 0.427. The summed E-state index contributed by atoms with van der Waals surface area (Å²) in [6, 6.07) is 11.6. The summed E-state index contributed by atoms with van der Waals surface area (Å²) in [5.41, 5.74) is 8.18. The second-order valence-corrected chi connectivity index (χ2v) is 9.35. The molecule has 5 rings (SSSR count). The number of hydrogen-bond donors (Lipinski definition) is 1. The van der Waals surface area contributed by atoms with E-state index in [0.29, 0.717) is 23.4 Å². The zero-order chi connectivity index (χ0) is 22.6. The SMILES string of the molecule is C=CCc1ncc(-c2ccc(C3CCOCC3)c([C@@H]3CCCN3)c2)cc1-c1ccncc1Cl. The van der Waals surface area contributed by atoms with Crippen molar-refractivity contribution >= 4 is 11.6 Å². The lowest BCUT2D eigenvalue weighted by Crippen LogP contribution is -2.19. The monoisotopic (exact) mass is 459 g/mol. The summed E-state index contributed by atoms with van der Waals surface area (Å²) >= 11 is 6.51. The van der Waals surface area contributed by atoms with Crippen molar-refractivity contribution < 1.29 is 4.74 Å². The fourth-order valence-corrected chi connectivity index (χ4v) is 5.38. The Morgan fingerprint density at radius 1 is 1.03 bits per heavy atom. The van der Waals surface area contributed by atoms with Crippen molar-refractivity contribution in [1.29, 1.82) is 0 Å². The first-order chi connectivity index (χ1) is 16.2. The minimum atomic E-state index is 0.421. The molecule has 0 amide bonds. The third-order valence-electron chi connectivity index (χ3n) is 6.89.